The number of nitrogens with one attached hydrogen (secondary N) is 1. The molecule has 2 aromatic rings. The smallest absolute Gasteiger partial charge is 0.255 e. The maximum absolute atomic E-state index is 11.7. The molecule has 3 N–H and O–H groups in total. The highest BCUT2D eigenvalue weighted by molar-refractivity contribution is 5.35. The van der Waals surface area contributed by atoms with Crippen molar-refractivity contribution in [3.8, 4) is 0 Å². The lowest BCUT2D eigenvalue weighted by molar-refractivity contribution is 0.673. The number of nitrogens with zero attached hydrogens (tertiary/aromatic N) is 1. The second-order valence-electron chi connectivity index (χ2n) is 4.70. The highest BCUT2D eigenvalue weighted by Gasteiger charge is 2.24. The van der Waals surface area contributed by atoms with Crippen LogP contribution in [-0.4, -0.2) is 9.97 Å². The van der Waals surface area contributed by atoms with E-state index in [1.54, 1.807) is 6.20 Å². The van der Waals surface area contributed by atoms with E-state index in [1.807, 2.05) is 0 Å². The van der Waals surface area contributed by atoms with Crippen LogP contribution in [0, 0.1) is 0 Å². The maximum atomic E-state index is 11.7. The van der Waals surface area contributed by atoms with E-state index in [0.717, 1.165) is 18.7 Å². The molecule has 18 heavy (non-hydrogen) atoms. The molecule has 0 radical (unpaired) electrons. The summed E-state index contributed by atoms with van der Waals surface area (Å²) in [6, 6.07) is 8.38. The number of nitrogens with two attached hydrogens (primary N) is 1. The molecule has 4 heteroatoms. The summed E-state index contributed by atoms with van der Waals surface area (Å²) in [4.78, 5) is 18.9. The third-order valence-electron chi connectivity index (χ3n) is 3.55. The van der Waals surface area contributed by atoms with Crippen molar-refractivity contribution < 1.29 is 0 Å². The quantitative estimate of drug-likeness (QED) is 0.827. The lowest BCUT2D eigenvalue weighted by Crippen LogP contribution is -2.20. The minimum atomic E-state index is -0.113. The van der Waals surface area contributed by atoms with E-state index in [-0.39, 0.29) is 18.0 Å². The number of H-pyrrole nitrogens is 1. The number of benzene rings is 1. The Morgan fingerprint density at radius 1 is 1.28 bits per heavy atom. The van der Waals surface area contributed by atoms with E-state index in [1.165, 1.54) is 11.1 Å². The molecule has 3 rings (SSSR count). The van der Waals surface area contributed by atoms with Gasteiger partial charge in [0.15, 0.2) is 0 Å². The third-order valence-corrected chi connectivity index (χ3v) is 3.55. The van der Waals surface area contributed by atoms with Crippen molar-refractivity contribution in [3.63, 3.8) is 0 Å². The number of aromatic nitrogens is 2. The number of hydrogen-bond donors (Lipinski definition) is 2. The van der Waals surface area contributed by atoms with Crippen LogP contribution in [0.2, 0.25) is 0 Å². The van der Waals surface area contributed by atoms with Crippen molar-refractivity contribution in [1.29, 1.82) is 0 Å². The summed E-state index contributed by atoms with van der Waals surface area (Å²) in [6.07, 6.45) is 3.49. The summed E-state index contributed by atoms with van der Waals surface area (Å²) in [5.41, 5.74) is 8.60. The molecule has 0 saturated carbocycles. The van der Waals surface area contributed by atoms with Crippen LogP contribution in [0.15, 0.2) is 35.3 Å². The Labute approximate surface area is 105 Å². The largest absolute Gasteiger partial charge is 0.326 e. The molecular formula is C14H15N3O. The fourth-order valence-electron chi connectivity index (χ4n) is 2.54. The fraction of sp³-hybridized carbons (Fsp3) is 0.286. The van der Waals surface area contributed by atoms with Gasteiger partial charge in [-0.05, 0) is 24.0 Å². The van der Waals surface area contributed by atoms with E-state index in [0.29, 0.717) is 5.56 Å². The van der Waals surface area contributed by atoms with Gasteiger partial charge < -0.3 is 10.7 Å². The average Bonchev–Trinajstić information content (AvgIpc) is 2.82. The first-order chi connectivity index (χ1) is 8.78. The summed E-state index contributed by atoms with van der Waals surface area (Å²) in [7, 11) is 0. The van der Waals surface area contributed by atoms with Gasteiger partial charge in [-0.1, -0.05) is 24.3 Å². The Balaban J connectivity index is 1.91. The van der Waals surface area contributed by atoms with Crippen LogP contribution in [0.25, 0.3) is 0 Å². The van der Waals surface area contributed by atoms with Crippen molar-refractivity contribution >= 4 is 0 Å². The SMILES string of the molecule is NCc1cnc(C2Cc3ccccc3C2)[nH]c1=O. The van der Waals surface area contributed by atoms with Gasteiger partial charge in [0.1, 0.15) is 5.82 Å². The number of aromatic amines is 1. The van der Waals surface area contributed by atoms with Gasteiger partial charge in [0.25, 0.3) is 5.56 Å². The number of fused-ring (bicyclic) bond motifs is 1. The molecule has 0 fully saturated rings. The predicted octanol–water partition coefficient (Wildman–Crippen LogP) is 1.11. The summed E-state index contributed by atoms with van der Waals surface area (Å²) in [5.74, 6) is 1.05. The van der Waals surface area contributed by atoms with Gasteiger partial charge in [0, 0.05) is 24.2 Å². The zero-order valence-corrected chi connectivity index (χ0v) is 10.0. The normalized spacial score (nSPS) is 14.7. The highest BCUT2D eigenvalue weighted by atomic mass is 16.1. The first-order valence-corrected chi connectivity index (χ1v) is 6.13. The van der Waals surface area contributed by atoms with Gasteiger partial charge >= 0.3 is 0 Å². The van der Waals surface area contributed by atoms with Crippen LogP contribution >= 0.6 is 0 Å². The van der Waals surface area contributed by atoms with E-state index in [4.69, 9.17) is 5.73 Å². The zero-order valence-electron chi connectivity index (χ0n) is 10.0. The first-order valence-electron chi connectivity index (χ1n) is 6.13. The molecule has 0 atom stereocenters. The van der Waals surface area contributed by atoms with Crippen molar-refractivity contribution in [2.45, 2.75) is 25.3 Å². The number of hydrogen-bond acceptors (Lipinski definition) is 3. The van der Waals surface area contributed by atoms with Gasteiger partial charge in [-0.25, -0.2) is 4.98 Å². The van der Waals surface area contributed by atoms with E-state index < -0.39 is 0 Å². The predicted molar refractivity (Wildman–Crippen MR) is 69.3 cm³/mol. The first kappa shape index (κ1) is 11.2. The van der Waals surface area contributed by atoms with Crippen LogP contribution in [-0.2, 0) is 19.4 Å². The molecule has 0 saturated heterocycles. The van der Waals surface area contributed by atoms with Crippen molar-refractivity contribution in [1.82, 2.24) is 9.97 Å². The van der Waals surface area contributed by atoms with Crippen LogP contribution in [0.3, 0.4) is 0 Å². The van der Waals surface area contributed by atoms with Crippen LogP contribution in [0.4, 0.5) is 0 Å². The summed E-state index contributed by atoms with van der Waals surface area (Å²) in [5, 5.41) is 0. The topological polar surface area (TPSA) is 71.8 Å². The Morgan fingerprint density at radius 3 is 2.50 bits per heavy atom. The summed E-state index contributed by atoms with van der Waals surface area (Å²) >= 11 is 0. The lowest BCUT2D eigenvalue weighted by atomic mass is 10.1. The molecule has 0 bridgehead atoms. The highest BCUT2D eigenvalue weighted by Crippen LogP contribution is 2.31. The maximum Gasteiger partial charge on any atom is 0.255 e. The molecule has 4 nitrogen and oxygen atoms in total. The summed E-state index contributed by atoms with van der Waals surface area (Å²) in [6.45, 7) is 0.230. The van der Waals surface area contributed by atoms with Crippen LogP contribution in [0.1, 0.15) is 28.4 Å². The molecule has 1 aliphatic rings. The fourth-order valence-corrected chi connectivity index (χ4v) is 2.54. The molecule has 0 aliphatic heterocycles. The average molecular weight is 241 g/mol. The molecule has 1 aliphatic carbocycles. The standard InChI is InChI=1S/C14H15N3O/c15-7-12-8-16-13(17-14(12)18)11-5-9-3-1-2-4-10(9)6-11/h1-4,8,11H,5-7,15H2,(H,16,17,18). The van der Waals surface area contributed by atoms with Gasteiger partial charge in [0.05, 0.1) is 0 Å². The van der Waals surface area contributed by atoms with Gasteiger partial charge in [-0.15, -0.1) is 0 Å². The minimum Gasteiger partial charge on any atom is -0.326 e. The molecule has 1 aromatic carbocycles. The van der Waals surface area contributed by atoms with Crippen molar-refractivity contribution in [2.75, 3.05) is 0 Å². The lowest BCUT2D eigenvalue weighted by Gasteiger charge is -2.08. The summed E-state index contributed by atoms with van der Waals surface area (Å²) < 4.78 is 0. The Morgan fingerprint density at radius 2 is 1.94 bits per heavy atom. The van der Waals surface area contributed by atoms with Gasteiger partial charge in [0.2, 0.25) is 0 Å². The van der Waals surface area contributed by atoms with E-state index in [9.17, 15) is 4.79 Å². The number of rotatable bonds is 2. The zero-order chi connectivity index (χ0) is 12.5. The van der Waals surface area contributed by atoms with E-state index >= 15 is 0 Å². The Bertz CT molecular complexity index is 608. The molecule has 0 spiro atoms. The Kier molecular flexibility index (Phi) is 2.72. The van der Waals surface area contributed by atoms with Crippen LogP contribution < -0.4 is 11.3 Å². The molecular weight excluding hydrogens is 226 g/mol. The Hall–Kier alpha value is -1.94. The second kappa shape index (κ2) is 4.38. The van der Waals surface area contributed by atoms with Gasteiger partial charge in [-0.2, -0.15) is 0 Å². The molecule has 1 heterocycles. The van der Waals surface area contributed by atoms with Crippen molar-refractivity contribution in [3.05, 3.63) is 63.3 Å². The van der Waals surface area contributed by atoms with E-state index in [2.05, 4.69) is 34.2 Å². The third kappa shape index (κ3) is 1.84. The molecule has 92 valence electrons. The monoisotopic (exact) mass is 241 g/mol. The van der Waals surface area contributed by atoms with Crippen molar-refractivity contribution in [2.24, 2.45) is 5.73 Å². The molecule has 0 amide bonds. The second-order valence-corrected chi connectivity index (χ2v) is 4.70. The molecule has 1 aromatic heterocycles. The minimum absolute atomic E-state index is 0.113. The van der Waals surface area contributed by atoms with Crippen LogP contribution in [0.5, 0.6) is 0 Å². The van der Waals surface area contributed by atoms with Gasteiger partial charge in [-0.3, -0.25) is 4.79 Å². The molecule has 0 unspecified atom stereocenters.